The minimum absolute atomic E-state index is 0.0258. The van der Waals surface area contributed by atoms with Crippen LogP contribution in [0.4, 0.5) is 0 Å². The van der Waals surface area contributed by atoms with Gasteiger partial charge in [0.2, 0.25) is 23.6 Å². The number of aliphatic imine (C=N–C) groups is 2. The Bertz CT molecular complexity index is 910. The number of hydrogen-bond acceptors (Lipinski definition) is 9. The molecule has 0 bridgehead atoms. The lowest BCUT2D eigenvalue weighted by atomic mass is 10.1. The van der Waals surface area contributed by atoms with Gasteiger partial charge in [-0.2, -0.15) is 11.8 Å². The molecule has 4 atom stereocenters. The Morgan fingerprint density at radius 3 is 1.62 bits per heavy atom. The number of nitrogens with zero attached hydrogens (tertiary/aromatic N) is 2. The molecular formula is C22H43N11O6S. The number of rotatable bonds is 21. The van der Waals surface area contributed by atoms with Crippen LogP contribution >= 0.6 is 11.8 Å². The van der Waals surface area contributed by atoms with Crippen molar-refractivity contribution in [1.29, 1.82) is 0 Å². The summed E-state index contributed by atoms with van der Waals surface area (Å²) >= 11 is 1.42. The Hall–Kier alpha value is -3.80. The Balaban J connectivity index is 5.57. The SMILES string of the molecule is CSCCC(NC(=O)C(CCCN=C(N)N)NC(=O)C(N)CCC(N)=O)C(=O)NC(CCCN=C(N)N)C(=O)O. The van der Waals surface area contributed by atoms with Gasteiger partial charge < -0.3 is 55.5 Å². The molecule has 0 aliphatic heterocycles. The van der Waals surface area contributed by atoms with E-state index in [9.17, 15) is 29.1 Å². The number of primary amides is 1. The Morgan fingerprint density at radius 1 is 0.725 bits per heavy atom. The van der Waals surface area contributed by atoms with E-state index in [0.29, 0.717) is 12.2 Å². The largest absolute Gasteiger partial charge is 0.480 e. The van der Waals surface area contributed by atoms with Crippen LogP contribution in [0.25, 0.3) is 0 Å². The van der Waals surface area contributed by atoms with E-state index >= 15 is 0 Å². The van der Waals surface area contributed by atoms with Crippen molar-refractivity contribution in [3.8, 4) is 0 Å². The van der Waals surface area contributed by atoms with Gasteiger partial charge in [-0.1, -0.05) is 0 Å². The molecule has 0 aromatic carbocycles. The molecule has 4 amide bonds. The van der Waals surface area contributed by atoms with E-state index in [4.69, 9.17) is 34.4 Å². The third kappa shape index (κ3) is 16.9. The molecule has 17 nitrogen and oxygen atoms in total. The number of carboxylic acids is 1. The lowest BCUT2D eigenvalue weighted by Gasteiger charge is -2.25. The first-order valence-electron chi connectivity index (χ1n) is 12.6. The zero-order valence-electron chi connectivity index (χ0n) is 22.6. The van der Waals surface area contributed by atoms with Crippen LogP contribution in [-0.2, 0) is 24.0 Å². The zero-order chi connectivity index (χ0) is 30.7. The fraction of sp³-hybridized carbons (Fsp3) is 0.682. The molecule has 16 N–H and O–H groups in total. The van der Waals surface area contributed by atoms with E-state index in [1.165, 1.54) is 11.8 Å². The van der Waals surface area contributed by atoms with Crippen LogP contribution in [0.5, 0.6) is 0 Å². The smallest absolute Gasteiger partial charge is 0.326 e. The minimum Gasteiger partial charge on any atom is -0.480 e. The molecule has 0 aliphatic carbocycles. The van der Waals surface area contributed by atoms with Gasteiger partial charge in [-0.3, -0.25) is 29.2 Å². The number of guanidine groups is 2. The second-order valence-corrected chi connectivity index (χ2v) is 9.80. The molecule has 0 saturated heterocycles. The van der Waals surface area contributed by atoms with Crippen LogP contribution in [0.15, 0.2) is 9.98 Å². The molecule has 18 heteroatoms. The second kappa shape index (κ2) is 20.2. The van der Waals surface area contributed by atoms with Gasteiger partial charge in [-0.05, 0) is 50.5 Å². The Labute approximate surface area is 237 Å². The fourth-order valence-corrected chi connectivity index (χ4v) is 3.76. The van der Waals surface area contributed by atoms with Gasteiger partial charge in [0.05, 0.1) is 6.04 Å². The van der Waals surface area contributed by atoms with Crippen LogP contribution in [0.2, 0.25) is 0 Å². The van der Waals surface area contributed by atoms with E-state index in [0.717, 1.165) is 0 Å². The molecule has 0 spiro atoms. The minimum atomic E-state index is -1.26. The molecule has 4 unspecified atom stereocenters. The van der Waals surface area contributed by atoms with Gasteiger partial charge in [0.15, 0.2) is 11.9 Å². The molecule has 40 heavy (non-hydrogen) atoms. The van der Waals surface area contributed by atoms with Crippen molar-refractivity contribution < 1.29 is 29.1 Å². The molecule has 0 fully saturated rings. The van der Waals surface area contributed by atoms with Gasteiger partial charge >= 0.3 is 5.97 Å². The van der Waals surface area contributed by atoms with Crippen molar-refractivity contribution in [1.82, 2.24) is 16.0 Å². The number of nitrogens with two attached hydrogens (primary N) is 6. The third-order valence-electron chi connectivity index (χ3n) is 5.42. The Kier molecular flexibility index (Phi) is 18.2. The molecule has 0 aromatic rings. The van der Waals surface area contributed by atoms with Crippen molar-refractivity contribution in [2.45, 2.75) is 69.1 Å². The van der Waals surface area contributed by atoms with E-state index in [1.54, 1.807) is 6.26 Å². The average molecular weight is 590 g/mol. The van der Waals surface area contributed by atoms with Gasteiger partial charge in [-0.15, -0.1) is 0 Å². The number of carbonyl (C=O) groups is 5. The summed E-state index contributed by atoms with van der Waals surface area (Å²) in [5.41, 5.74) is 32.1. The summed E-state index contributed by atoms with van der Waals surface area (Å²) in [6.45, 7) is 0.351. The molecule has 0 saturated carbocycles. The van der Waals surface area contributed by atoms with Crippen molar-refractivity contribution in [2.75, 3.05) is 25.1 Å². The van der Waals surface area contributed by atoms with E-state index < -0.39 is 53.8 Å². The molecule has 0 heterocycles. The highest BCUT2D eigenvalue weighted by atomic mass is 32.2. The molecule has 0 aromatic heterocycles. The topological polar surface area (TPSA) is 323 Å². The summed E-state index contributed by atoms with van der Waals surface area (Å²) in [4.78, 5) is 69.1. The van der Waals surface area contributed by atoms with Crippen LogP contribution in [0.1, 0.15) is 44.9 Å². The quantitative estimate of drug-likeness (QED) is 0.0347. The predicted molar refractivity (Wildman–Crippen MR) is 153 cm³/mol. The predicted octanol–water partition coefficient (Wildman–Crippen LogP) is -4.02. The summed E-state index contributed by atoms with van der Waals surface area (Å²) < 4.78 is 0. The molecule has 0 aliphatic rings. The zero-order valence-corrected chi connectivity index (χ0v) is 23.5. The molecular weight excluding hydrogens is 546 g/mol. The first kappa shape index (κ1) is 36.2. The van der Waals surface area contributed by atoms with Crippen LogP contribution < -0.4 is 50.4 Å². The summed E-state index contributed by atoms with van der Waals surface area (Å²) in [7, 11) is 0. The number of carboxylic acid groups (broad SMARTS) is 1. The Morgan fingerprint density at radius 2 is 1.18 bits per heavy atom. The van der Waals surface area contributed by atoms with E-state index in [-0.39, 0.29) is 63.5 Å². The van der Waals surface area contributed by atoms with E-state index in [1.807, 2.05) is 0 Å². The van der Waals surface area contributed by atoms with Crippen molar-refractivity contribution >= 4 is 53.3 Å². The summed E-state index contributed by atoms with van der Waals surface area (Å²) in [6.07, 6.45) is 2.57. The number of hydrogen-bond donors (Lipinski definition) is 10. The molecule has 0 radical (unpaired) electrons. The standard InChI is InChI=1S/C22H43N11O6S/c1-40-11-8-14(19(37)33-15(20(38)39)5-3-10-30-22(27)28)32-18(36)13(4-2-9-29-21(25)26)31-17(35)12(23)6-7-16(24)34/h12-15H,2-11,23H2,1H3,(H2,24,34)(H,31,35)(H,32,36)(H,33,37)(H,38,39)(H4,25,26,29)(H4,27,28,30). The third-order valence-corrected chi connectivity index (χ3v) is 6.06. The number of carbonyl (C=O) groups excluding carboxylic acids is 4. The maximum atomic E-state index is 13.2. The van der Waals surface area contributed by atoms with Crippen molar-refractivity contribution in [2.24, 2.45) is 44.4 Å². The average Bonchev–Trinajstić information content (AvgIpc) is 2.87. The van der Waals surface area contributed by atoms with Gasteiger partial charge in [-0.25, -0.2) is 4.79 Å². The fourth-order valence-electron chi connectivity index (χ4n) is 3.29. The highest BCUT2D eigenvalue weighted by Crippen LogP contribution is 2.07. The first-order valence-corrected chi connectivity index (χ1v) is 13.9. The highest BCUT2D eigenvalue weighted by molar-refractivity contribution is 7.98. The van der Waals surface area contributed by atoms with Crippen LogP contribution in [0, 0.1) is 0 Å². The summed E-state index contributed by atoms with van der Waals surface area (Å²) in [5.74, 6) is -3.79. The number of amides is 4. The maximum absolute atomic E-state index is 13.2. The molecule has 228 valence electrons. The molecule has 0 rings (SSSR count). The number of thioether (sulfide) groups is 1. The number of aliphatic carboxylic acids is 1. The first-order chi connectivity index (χ1) is 18.8. The lowest BCUT2D eigenvalue weighted by molar-refractivity contribution is -0.142. The van der Waals surface area contributed by atoms with Crippen LogP contribution in [-0.4, -0.2) is 95.9 Å². The lowest BCUT2D eigenvalue weighted by Crippen LogP contribution is -2.57. The summed E-state index contributed by atoms with van der Waals surface area (Å²) in [6, 6.07) is -4.57. The second-order valence-electron chi connectivity index (χ2n) is 8.81. The van der Waals surface area contributed by atoms with Gasteiger partial charge in [0.25, 0.3) is 0 Å². The van der Waals surface area contributed by atoms with Crippen molar-refractivity contribution in [3.63, 3.8) is 0 Å². The van der Waals surface area contributed by atoms with Crippen LogP contribution in [0.3, 0.4) is 0 Å². The normalized spacial score (nSPS) is 13.6. The highest BCUT2D eigenvalue weighted by Gasteiger charge is 2.30. The van der Waals surface area contributed by atoms with E-state index in [2.05, 4.69) is 25.9 Å². The van der Waals surface area contributed by atoms with Gasteiger partial charge in [0.1, 0.15) is 18.1 Å². The monoisotopic (exact) mass is 589 g/mol. The summed E-state index contributed by atoms with van der Waals surface area (Å²) in [5, 5.41) is 17.1. The van der Waals surface area contributed by atoms with Gasteiger partial charge in [0, 0.05) is 19.5 Å². The van der Waals surface area contributed by atoms with Crippen molar-refractivity contribution in [3.05, 3.63) is 0 Å². The number of nitrogens with one attached hydrogen (secondary N) is 3. The maximum Gasteiger partial charge on any atom is 0.326 e.